The molecule has 0 aromatic rings. The molecule has 1 N–H and O–H groups in total. The Hall–Kier alpha value is -1.06. The maximum absolute atomic E-state index is 11.9. The molecule has 0 aromatic heterocycles. The van der Waals surface area contributed by atoms with Gasteiger partial charge in [-0.25, -0.2) is 4.79 Å². The third-order valence-electron chi connectivity index (χ3n) is 2.18. The van der Waals surface area contributed by atoms with Crippen LogP contribution < -0.4 is 5.32 Å². The minimum atomic E-state index is -0.540. The first-order valence-electron chi connectivity index (χ1n) is 6.20. The van der Waals surface area contributed by atoms with Crippen LogP contribution in [0, 0.1) is 5.92 Å². The lowest BCUT2D eigenvalue weighted by Gasteiger charge is -2.23. The Bertz CT molecular complexity index is 266. The predicted molar refractivity (Wildman–Crippen MR) is 67.9 cm³/mol. The fourth-order valence-corrected chi connectivity index (χ4v) is 1.43. The number of alkyl carbamates (subject to hydrolysis) is 1. The average Bonchev–Trinajstić information content (AvgIpc) is 2.12. The number of carbonyl (C=O) groups excluding carboxylic acids is 2. The lowest BCUT2D eigenvalue weighted by Crippen LogP contribution is -2.44. The van der Waals surface area contributed by atoms with Crippen molar-refractivity contribution in [1.29, 1.82) is 0 Å². The van der Waals surface area contributed by atoms with Crippen molar-refractivity contribution in [2.45, 2.75) is 66.0 Å². The number of carbonyl (C=O) groups is 2. The smallest absolute Gasteiger partial charge is 0.408 e. The molecule has 0 rings (SSSR count). The van der Waals surface area contributed by atoms with Crippen molar-refractivity contribution in [2.75, 3.05) is 0 Å². The van der Waals surface area contributed by atoms with Crippen LogP contribution in [0.25, 0.3) is 0 Å². The highest BCUT2D eigenvalue weighted by molar-refractivity contribution is 5.88. The van der Waals surface area contributed by atoms with E-state index in [0.717, 1.165) is 6.42 Å². The maximum Gasteiger partial charge on any atom is 0.408 e. The molecule has 0 aromatic carbocycles. The molecule has 0 saturated carbocycles. The maximum atomic E-state index is 11.9. The van der Waals surface area contributed by atoms with Crippen LogP contribution in [0.1, 0.15) is 54.4 Å². The number of ether oxygens (including phenoxy) is 1. The van der Waals surface area contributed by atoms with E-state index in [0.29, 0.717) is 6.42 Å². The molecule has 0 aliphatic rings. The molecule has 100 valence electrons. The van der Waals surface area contributed by atoms with Crippen LogP contribution >= 0.6 is 0 Å². The zero-order valence-electron chi connectivity index (χ0n) is 11.8. The van der Waals surface area contributed by atoms with E-state index < -0.39 is 17.7 Å². The van der Waals surface area contributed by atoms with Gasteiger partial charge in [0.05, 0.1) is 6.04 Å². The van der Waals surface area contributed by atoms with Gasteiger partial charge in [-0.05, 0) is 27.2 Å². The van der Waals surface area contributed by atoms with Crippen molar-refractivity contribution >= 4 is 11.9 Å². The topological polar surface area (TPSA) is 55.4 Å². The summed E-state index contributed by atoms with van der Waals surface area (Å²) in [7, 11) is 0. The van der Waals surface area contributed by atoms with E-state index in [1.165, 1.54) is 0 Å². The van der Waals surface area contributed by atoms with Crippen molar-refractivity contribution in [3.05, 3.63) is 0 Å². The van der Waals surface area contributed by atoms with Gasteiger partial charge in [0.1, 0.15) is 5.60 Å². The minimum Gasteiger partial charge on any atom is -0.444 e. The summed E-state index contributed by atoms with van der Waals surface area (Å²) in [6.45, 7) is 11.0. The van der Waals surface area contributed by atoms with Gasteiger partial charge in [-0.15, -0.1) is 0 Å². The standard InChI is InChI=1S/C13H25NO3/c1-7-8-10(11(15)9(2)3)14-12(16)17-13(4,5)6/h9-10H,7-8H2,1-6H3,(H,14,16)/t10-/m0/s1. The molecule has 4 nitrogen and oxygen atoms in total. The van der Waals surface area contributed by atoms with E-state index in [1.807, 2.05) is 20.8 Å². The fraction of sp³-hybridized carbons (Fsp3) is 0.846. The molecule has 0 radical (unpaired) electrons. The molecule has 0 saturated heterocycles. The van der Waals surface area contributed by atoms with E-state index in [2.05, 4.69) is 5.32 Å². The summed E-state index contributed by atoms with van der Waals surface area (Å²) in [5, 5.41) is 2.64. The highest BCUT2D eigenvalue weighted by Gasteiger charge is 2.24. The van der Waals surface area contributed by atoms with Gasteiger partial charge < -0.3 is 10.1 Å². The highest BCUT2D eigenvalue weighted by atomic mass is 16.6. The minimum absolute atomic E-state index is 0.0534. The Morgan fingerprint density at radius 1 is 1.24 bits per heavy atom. The van der Waals surface area contributed by atoms with E-state index >= 15 is 0 Å². The number of hydrogen-bond donors (Lipinski definition) is 1. The van der Waals surface area contributed by atoms with Crippen LogP contribution in [0.5, 0.6) is 0 Å². The van der Waals surface area contributed by atoms with Gasteiger partial charge in [-0.2, -0.15) is 0 Å². The van der Waals surface area contributed by atoms with E-state index in [1.54, 1.807) is 20.8 Å². The lowest BCUT2D eigenvalue weighted by molar-refractivity contribution is -0.124. The molecular weight excluding hydrogens is 218 g/mol. The van der Waals surface area contributed by atoms with E-state index in [9.17, 15) is 9.59 Å². The highest BCUT2D eigenvalue weighted by Crippen LogP contribution is 2.10. The Kier molecular flexibility index (Phi) is 6.21. The van der Waals surface area contributed by atoms with Crippen LogP contribution in [-0.2, 0) is 9.53 Å². The first-order chi connectivity index (χ1) is 7.67. The molecule has 1 atom stereocenters. The summed E-state index contributed by atoms with van der Waals surface area (Å²) in [5.41, 5.74) is -0.540. The van der Waals surface area contributed by atoms with E-state index in [4.69, 9.17) is 4.74 Å². The summed E-state index contributed by atoms with van der Waals surface area (Å²) in [6.07, 6.45) is 0.972. The Labute approximate surface area is 104 Å². The van der Waals surface area contributed by atoms with Crippen molar-refractivity contribution < 1.29 is 14.3 Å². The number of rotatable bonds is 5. The van der Waals surface area contributed by atoms with Crippen molar-refractivity contribution in [2.24, 2.45) is 5.92 Å². The van der Waals surface area contributed by atoms with Crippen LogP contribution in [0.3, 0.4) is 0 Å². The van der Waals surface area contributed by atoms with Gasteiger partial charge in [0.2, 0.25) is 0 Å². The monoisotopic (exact) mass is 243 g/mol. The van der Waals surface area contributed by atoms with Crippen LogP contribution in [0.4, 0.5) is 4.79 Å². The van der Waals surface area contributed by atoms with Crippen LogP contribution in [0.2, 0.25) is 0 Å². The molecule has 0 heterocycles. The molecule has 4 heteroatoms. The van der Waals surface area contributed by atoms with Gasteiger partial charge in [-0.3, -0.25) is 4.79 Å². The fourth-order valence-electron chi connectivity index (χ4n) is 1.43. The summed E-state index contributed by atoms with van der Waals surface area (Å²) in [4.78, 5) is 23.4. The first kappa shape index (κ1) is 15.9. The third-order valence-corrected chi connectivity index (χ3v) is 2.18. The number of hydrogen-bond acceptors (Lipinski definition) is 3. The number of Topliss-reactive ketones (excluding diaryl/α,β-unsaturated/α-hetero) is 1. The van der Waals surface area contributed by atoms with Gasteiger partial charge in [0.25, 0.3) is 0 Å². The second kappa shape index (κ2) is 6.62. The Morgan fingerprint density at radius 3 is 2.12 bits per heavy atom. The molecule has 1 amide bonds. The SMILES string of the molecule is CCC[C@H](NC(=O)OC(C)(C)C)C(=O)C(C)C. The predicted octanol–water partition coefficient (Wildman–Crippen LogP) is 2.90. The largest absolute Gasteiger partial charge is 0.444 e. The third kappa shape index (κ3) is 6.97. The molecular formula is C13H25NO3. The molecule has 0 fully saturated rings. The Balaban J connectivity index is 4.45. The molecule has 0 spiro atoms. The van der Waals surface area contributed by atoms with Crippen molar-refractivity contribution in [3.63, 3.8) is 0 Å². The number of amides is 1. The van der Waals surface area contributed by atoms with Crippen molar-refractivity contribution in [1.82, 2.24) is 5.32 Å². The second-order valence-electron chi connectivity index (χ2n) is 5.54. The van der Waals surface area contributed by atoms with Crippen molar-refractivity contribution in [3.8, 4) is 0 Å². The van der Waals surface area contributed by atoms with Gasteiger partial charge in [-0.1, -0.05) is 27.2 Å². The van der Waals surface area contributed by atoms with E-state index in [-0.39, 0.29) is 11.7 Å². The normalized spacial score (nSPS) is 13.4. The van der Waals surface area contributed by atoms with Gasteiger partial charge in [0.15, 0.2) is 5.78 Å². The number of ketones is 1. The van der Waals surface area contributed by atoms with Gasteiger partial charge >= 0.3 is 6.09 Å². The summed E-state index contributed by atoms with van der Waals surface area (Å²) >= 11 is 0. The van der Waals surface area contributed by atoms with Gasteiger partial charge in [0, 0.05) is 5.92 Å². The molecule has 0 unspecified atom stereocenters. The van der Waals surface area contributed by atoms with Crippen LogP contribution in [0.15, 0.2) is 0 Å². The molecule has 0 aliphatic carbocycles. The lowest BCUT2D eigenvalue weighted by atomic mass is 9.98. The quantitative estimate of drug-likeness (QED) is 0.807. The van der Waals surface area contributed by atoms with Crippen LogP contribution in [-0.4, -0.2) is 23.5 Å². The molecule has 0 bridgehead atoms. The molecule has 0 aliphatic heterocycles. The second-order valence-corrected chi connectivity index (χ2v) is 5.54. The Morgan fingerprint density at radius 2 is 1.76 bits per heavy atom. The average molecular weight is 243 g/mol. The first-order valence-corrected chi connectivity index (χ1v) is 6.20. The number of nitrogens with one attached hydrogen (secondary N) is 1. The summed E-state index contributed by atoms with van der Waals surface area (Å²) < 4.78 is 5.14. The zero-order valence-corrected chi connectivity index (χ0v) is 11.8. The summed E-state index contributed by atoms with van der Waals surface area (Å²) in [6, 6.07) is -0.435. The molecule has 17 heavy (non-hydrogen) atoms. The zero-order chi connectivity index (χ0) is 13.6. The summed E-state index contributed by atoms with van der Waals surface area (Å²) in [5.74, 6) is -0.0285.